The number of hydrogen-bond acceptors (Lipinski definition) is 4. The summed E-state index contributed by atoms with van der Waals surface area (Å²) in [6.45, 7) is 6.33. The van der Waals surface area contributed by atoms with Crippen LogP contribution in [-0.4, -0.2) is 40.9 Å². The minimum absolute atomic E-state index is 0.162. The van der Waals surface area contributed by atoms with Crippen molar-refractivity contribution in [1.29, 1.82) is 0 Å². The fourth-order valence-electron chi connectivity index (χ4n) is 3.09. The van der Waals surface area contributed by atoms with E-state index < -0.39 is 0 Å². The first-order valence-electron chi connectivity index (χ1n) is 6.67. The van der Waals surface area contributed by atoms with Crippen LogP contribution in [0.5, 0.6) is 5.88 Å². The lowest BCUT2D eigenvalue weighted by atomic mass is 9.91. The molecule has 2 atom stereocenters. The second-order valence-corrected chi connectivity index (χ2v) is 5.01. The maximum Gasteiger partial charge on any atom is 0.216 e. The molecule has 18 heavy (non-hydrogen) atoms. The third kappa shape index (κ3) is 2.12. The molecule has 102 valence electrons. The number of aromatic nitrogens is 2. The summed E-state index contributed by atoms with van der Waals surface area (Å²) in [7, 11) is 3.62. The van der Waals surface area contributed by atoms with Crippen LogP contribution in [-0.2, 0) is 7.05 Å². The van der Waals surface area contributed by atoms with Crippen LogP contribution in [0, 0.1) is 6.92 Å². The molecular weight excluding hydrogens is 228 g/mol. The standard InChI is InChI=1S/C13H24N4O/c1-5-17-8-6-7-10(14)12(17)11-9(2)15-16(3)13(11)18-4/h10,12H,5-8,14H2,1-4H3. The summed E-state index contributed by atoms with van der Waals surface area (Å²) in [5.74, 6) is 0.841. The molecule has 0 saturated carbocycles. The van der Waals surface area contributed by atoms with Gasteiger partial charge in [-0.3, -0.25) is 4.90 Å². The van der Waals surface area contributed by atoms with E-state index in [4.69, 9.17) is 10.5 Å². The van der Waals surface area contributed by atoms with E-state index in [0.717, 1.165) is 36.6 Å². The summed E-state index contributed by atoms with van der Waals surface area (Å²) >= 11 is 0. The van der Waals surface area contributed by atoms with Crippen molar-refractivity contribution in [3.63, 3.8) is 0 Å². The van der Waals surface area contributed by atoms with Gasteiger partial charge in [0.25, 0.3) is 0 Å². The molecule has 1 aliphatic rings. The van der Waals surface area contributed by atoms with Crippen LogP contribution in [0.2, 0.25) is 0 Å². The van der Waals surface area contributed by atoms with Crippen LogP contribution >= 0.6 is 0 Å². The van der Waals surface area contributed by atoms with Crippen LogP contribution in [0.15, 0.2) is 0 Å². The molecule has 5 nitrogen and oxygen atoms in total. The average molecular weight is 252 g/mol. The molecule has 0 aromatic carbocycles. The van der Waals surface area contributed by atoms with E-state index in [1.165, 1.54) is 6.42 Å². The lowest BCUT2D eigenvalue weighted by Crippen LogP contribution is -2.46. The molecular formula is C13H24N4O. The van der Waals surface area contributed by atoms with Gasteiger partial charge in [0.1, 0.15) is 0 Å². The molecule has 2 heterocycles. The Morgan fingerprint density at radius 2 is 2.22 bits per heavy atom. The second kappa shape index (κ2) is 5.28. The molecule has 1 aromatic rings. The minimum atomic E-state index is 0.162. The number of likely N-dealkylation sites (N-methyl/N-ethyl adjacent to an activating group) is 1. The first kappa shape index (κ1) is 13.4. The molecule has 1 fully saturated rings. The zero-order valence-electron chi connectivity index (χ0n) is 11.8. The number of nitrogens with two attached hydrogens (primary N) is 1. The quantitative estimate of drug-likeness (QED) is 0.879. The summed E-state index contributed by atoms with van der Waals surface area (Å²) in [5.41, 5.74) is 8.53. The molecule has 1 saturated heterocycles. The summed E-state index contributed by atoms with van der Waals surface area (Å²) in [5, 5.41) is 4.47. The largest absolute Gasteiger partial charge is 0.481 e. The van der Waals surface area contributed by atoms with Gasteiger partial charge in [-0.2, -0.15) is 5.10 Å². The zero-order chi connectivity index (χ0) is 13.3. The Kier molecular flexibility index (Phi) is 3.92. The van der Waals surface area contributed by atoms with Crippen molar-refractivity contribution in [2.75, 3.05) is 20.2 Å². The number of methoxy groups -OCH3 is 1. The molecule has 2 unspecified atom stereocenters. The maximum absolute atomic E-state index is 6.34. The Labute approximate surface area is 109 Å². The summed E-state index contributed by atoms with van der Waals surface area (Å²) in [6, 6.07) is 0.392. The topological polar surface area (TPSA) is 56.3 Å². The summed E-state index contributed by atoms with van der Waals surface area (Å²) in [6.07, 6.45) is 2.24. The Bertz CT molecular complexity index is 415. The molecule has 1 aliphatic heterocycles. The monoisotopic (exact) mass is 252 g/mol. The lowest BCUT2D eigenvalue weighted by Gasteiger charge is -2.39. The Hall–Kier alpha value is -1.07. The van der Waals surface area contributed by atoms with E-state index in [9.17, 15) is 0 Å². The zero-order valence-corrected chi connectivity index (χ0v) is 11.8. The molecule has 5 heteroatoms. The van der Waals surface area contributed by atoms with Gasteiger partial charge in [-0.25, -0.2) is 4.68 Å². The molecule has 2 rings (SSSR count). The van der Waals surface area contributed by atoms with Crippen molar-refractivity contribution in [3.8, 4) is 5.88 Å². The minimum Gasteiger partial charge on any atom is -0.481 e. The van der Waals surface area contributed by atoms with Crippen molar-refractivity contribution in [2.24, 2.45) is 12.8 Å². The van der Waals surface area contributed by atoms with Gasteiger partial charge in [0.2, 0.25) is 5.88 Å². The number of hydrogen-bond donors (Lipinski definition) is 1. The Morgan fingerprint density at radius 3 is 2.83 bits per heavy atom. The Balaban J connectivity index is 2.44. The molecule has 0 amide bonds. The highest BCUT2D eigenvalue weighted by atomic mass is 16.5. The molecule has 0 aliphatic carbocycles. The van der Waals surface area contributed by atoms with Crippen molar-refractivity contribution < 1.29 is 4.74 Å². The summed E-state index contributed by atoms with van der Waals surface area (Å²) < 4.78 is 7.31. The third-order valence-electron chi connectivity index (χ3n) is 3.89. The van der Waals surface area contributed by atoms with Gasteiger partial charge in [-0.15, -0.1) is 0 Å². The SMILES string of the molecule is CCN1CCCC(N)C1c1c(C)nn(C)c1OC. The number of likely N-dealkylation sites (tertiary alicyclic amines) is 1. The van der Waals surface area contributed by atoms with Crippen LogP contribution in [0.3, 0.4) is 0 Å². The highest BCUT2D eigenvalue weighted by molar-refractivity contribution is 5.35. The van der Waals surface area contributed by atoms with Gasteiger partial charge in [0, 0.05) is 13.1 Å². The van der Waals surface area contributed by atoms with Crippen LogP contribution < -0.4 is 10.5 Å². The van der Waals surface area contributed by atoms with Crippen molar-refractivity contribution in [2.45, 2.75) is 38.8 Å². The van der Waals surface area contributed by atoms with E-state index in [2.05, 4.69) is 16.9 Å². The van der Waals surface area contributed by atoms with Crippen LogP contribution in [0.1, 0.15) is 37.1 Å². The molecule has 0 spiro atoms. The molecule has 0 bridgehead atoms. The van der Waals surface area contributed by atoms with Gasteiger partial charge < -0.3 is 10.5 Å². The van der Waals surface area contributed by atoms with Gasteiger partial charge in [0.05, 0.1) is 24.4 Å². The second-order valence-electron chi connectivity index (χ2n) is 5.01. The summed E-state index contributed by atoms with van der Waals surface area (Å²) in [4.78, 5) is 2.43. The highest BCUT2D eigenvalue weighted by Gasteiger charge is 2.34. The average Bonchev–Trinajstić information content (AvgIpc) is 2.63. The molecule has 1 aromatic heterocycles. The van der Waals surface area contributed by atoms with Gasteiger partial charge >= 0.3 is 0 Å². The number of rotatable bonds is 3. The smallest absolute Gasteiger partial charge is 0.216 e. The van der Waals surface area contributed by atoms with E-state index in [-0.39, 0.29) is 12.1 Å². The predicted molar refractivity (Wildman–Crippen MR) is 71.7 cm³/mol. The van der Waals surface area contributed by atoms with Gasteiger partial charge in [0.15, 0.2) is 0 Å². The van der Waals surface area contributed by atoms with Crippen molar-refractivity contribution >= 4 is 0 Å². The van der Waals surface area contributed by atoms with Gasteiger partial charge in [-0.05, 0) is 32.9 Å². The maximum atomic E-state index is 6.34. The lowest BCUT2D eigenvalue weighted by molar-refractivity contribution is 0.132. The van der Waals surface area contributed by atoms with Crippen LogP contribution in [0.4, 0.5) is 0 Å². The van der Waals surface area contributed by atoms with Crippen molar-refractivity contribution in [1.82, 2.24) is 14.7 Å². The fraction of sp³-hybridized carbons (Fsp3) is 0.769. The first-order valence-corrected chi connectivity index (χ1v) is 6.67. The van der Waals surface area contributed by atoms with Crippen LogP contribution in [0.25, 0.3) is 0 Å². The number of nitrogens with zero attached hydrogens (tertiary/aromatic N) is 3. The number of piperidine rings is 1. The predicted octanol–water partition coefficient (Wildman–Crippen LogP) is 1.22. The highest BCUT2D eigenvalue weighted by Crippen LogP contribution is 2.37. The molecule has 0 radical (unpaired) electrons. The molecule has 2 N–H and O–H groups in total. The normalized spacial score (nSPS) is 25.4. The first-order chi connectivity index (χ1) is 8.60. The van der Waals surface area contributed by atoms with E-state index in [1.54, 1.807) is 11.8 Å². The van der Waals surface area contributed by atoms with E-state index in [0.29, 0.717) is 0 Å². The van der Waals surface area contributed by atoms with E-state index in [1.807, 2.05) is 14.0 Å². The third-order valence-corrected chi connectivity index (χ3v) is 3.89. The number of ether oxygens (including phenoxy) is 1. The van der Waals surface area contributed by atoms with Gasteiger partial charge in [-0.1, -0.05) is 6.92 Å². The Morgan fingerprint density at radius 1 is 1.50 bits per heavy atom. The number of aryl methyl sites for hydroxylation is 2. The fourth-order valence-corrected chi connectivity index (χ4v) is 3.09. The van der Waals surface area contributed by atoms with Crippen molar-refractivity contribution in [3.05, 3.63) is 11.3 Å². The van der Waals surface area contributed by atoms with E-state index >= 15 is 0 Å².